The van der Waals surface area contributed by atoms with Crippen molar-refractivity contribution in [2.75, 3.05) is 5.01 Å². The fourth-order valence-electron chi connectivity index (χ4n) is 3.70. The zero-order chi connectivity index (χ0) is 25.3. The molecule has 4 rings (SSSR count). The molecule has 0 saturated carbocycles. The first kappa shape index (κ1) is 25.6. The van der Waals surface area contributed by atoms with Gasteiger partial charge in [0, 0.05) is 11.6 Å². The van der Waals surface area contributed by atoms with Crippen molar-refractivity contribution >= 4 is 81.5 Å². The van der Waals surface area contributed by atoms with Gasteiger partial charge in [0.05, 0.1) is 31.2 Å². The summed E-state index contributed by atoms with van der Waals surface area (Å²) in [6.07, 6.45) is 2.97. The number of carbonyl (C=O) groups is 2. The Bertz CT molecular complexity index is 1430. The molecule has 5 nitrogen and oxygen atoms in total. The minimum atomic E-state index is -0.807. The molecule has 0 N–H and O–H groups in total. The third-order valence-electron chi connectivity index (χ3n) is 5.27. The second-order valence-corrected chi connectivity index (χ2v) is 9.58. The fourth-order valence-corrected chi connectivity index (χ4v) is 5.15. The van der Waals surface area contributed by atoms with Gasteiger partial charge in [-0.15, -0.1) is 0 Å². The van der Waals surface area contributed by atoms with Gasteiger partial charge in [-0.05, 0) is 54.4 Å². The van der Waals surface area contributed by atoms with Crippen LogP contribution in [0, 0.1) is 4.64 Å². The largest absolute Gasteiger partial charge is 0.283 e. The molecule has 0 aliphatic carbocycles. The van der Waals surface area contributed by atoms with Crippen LogP contribution in [-0.2, 0) is 6.42 Å². The molecule has 4 aromatic rings. The van der Waals surface area contributed by atoms with Gasteiger partial charge in [-0.25, -0.2) is 9.66 Å². The molecule has 0 unspecified atom stereocenters. The summed E-state index contributed by atoms with van der Waals surface area (Å²) in [6, 6.07) is 14.7. The van der Waals surface area contributed by atoms with Gasteiger partial charge in [0.1, 0.15) is 4.64 Å². The number of hydrogen-bond donors (Lipinski definition) is 0. The Balaban J connectivity index is 2.10. The molecule has 10 heteroatoms. The van der Waals surface area contributed by atoms with E-state index in [2.05, 4.69) is 4.98 Å². The highest BCUT2D eigenvalue weighted by Crippen LogP contribution is 2.30. The van der Waals surface area contributed by atoms with E-state index in [0.29, 0.717) is 17.5 Å². The van der Waals surface area contributed by atoms with E-state index in [4.69, 9.17) is 58.6 Å². The molecule has 35 heavy (non-hydrogen) atoms. The van der Waals surface area contributed by atoms with E-state index < -0.39 is 11.8 Å². The molecular formula is C25H17Cl4N3O2S. The van der Waals surface area contributed by atoms with Crippen LogP contribution in [0.3, 0.4) is 0 Å². The first-order chi connectivity index (χ1) is 16.8. The van der Waals surface area contributed by atoms with E-state index in [1.807, 2.05) is 19.1 Å². The number of benzene rings is 2. The Morgan fingerprint density at radius 1 is 0.886 bits per heavy atom. The second-order valence-electron chi connectivity index (χ2n) is 7.57. The van der Waals surface area contributed by atoms with Gasteiger partial charge in [0.25, 0.3) is 11.8 Å². The Morgan fingerprint density at radius 3 is 1.89 bits per heavy atom. The van der Waals surface area contributed by atoms with Crippen molar-refractivity contribution in [3.8, 4) is 0 Å². The van der Waals surface area contributed by atoms with Gasteiger partial charge >= 0.3 is 0 Å². The monoisotopic (exact) mass is 563 g/mol. The normalized spacial score (nSPS) is 11.0. The number of fused-ring (bicyclic) bond motifs is 1. The highest BCUT2D eigenvalue weighted by molar-refractivity contribution is 7.71. The molecule has 2 aromatic heterocycles. The number of amides is 2. The van der Waals surface area contributed by atoms with Gasteiger partial charge in [0.2, 0.25) is 0 Å². The van der Waals surface area contributed by atoms with E-state index >= 15 is 0 Å². The first-order valence-corrected chi connectivity index (χ1v) is 12.4. The van der Waals surface area contributed by atoms with Crippen molar-refractivity contribution in [3.05, 3.63) is 102 Å². The summed E-state index contributed by atoms with van der Waals surface area (Å²) in [4.78, 5) is 32.5. The number of rotatable bonds is 5. The smallest absolute Gasteiger partial charge is 0.267 e. The van der Waals surface area contributed by atoms with E-state index in [1.54, 1.807) is 24.4 Å². The van der Waals surface area contributed by atoms with Gasteiger partial charge in [-0.2, -0.15) is 5.01 Å². The summed E-state index contributed by atoms with van der Waals surface area (Å²) < 4.78 is 1.55. The number of carbonyl (C=O) groups excluding carboxylic acids is 2. The molecule has 0 spiro atoms. The van der Waals surface area contributed by atoms with Crippen LogP contribution in [0.5, 0.6) is 0 Å². The number of hydrogen-bond acceptors (Lipinski definition) is 4. The lowest BCUT2D eigenvalue weighted by Crippen LogP contribution is -2.47. The zero-order valence-corrected chi connectivity index (χ0v) is 22.1. The third-order valence-corrected chi connectivity index (χ3v) is 6.97. The van der Waals surface area contributed by atoms with Crippen LogP contribution in [-0.4, -0.2) is 21.5 Å². The maximum Gasteiger partial charge on any atom is 0.283 e. The predicted octanol–water partition coefficient (Wildman–Crippen LogP) is 7.95. The number of halogens is 4. The minimum Gasteiger partial charge on any atom is -0.267 e. The molecule has 2 aromatic carbocycles. The third kappa shape index (κ3) is 4.82. The number of nitrogens with zero attached hydrogens (tertiary/aromatic N) is 3. The maximum absolute atomic E-state index is 14.0. The van der Waals surface area contributed by atoms with Crippen molar-refractivity contribution in [3.63, 3.8) is 0 Å². The van der Waals surface area contributed by atoms with Crippen LogP contribution in [0.2, 0.25) is 20.1 Å². The molecular weight excluding hydrogens is 548 g/mol. The highest BCUT2D eigenvalue weighted by atomic mass is 35.5. The maximum atomic E-state index is 14.0. The molecule has 0 fully saturated rings. The SMILES string of the molecule is CCCc1cc2cccnc2n(N(C(=O)c2c(Cl)cccc2Cl)C(=O)c2c(Cl)cccc2Cl)c1=S. The number of pyridine rings is 2. The van der Waals surface area contributed by atoms with Gasteiger partial charge in [-0.3, -0.25) is 9.59 Å². The molecule has 0 aliphatic heterocycles. The quantitative estimate of drug-likeness (QED) is 0.182. The van der Waals surface area contributed by atoms with E-state index in [0.717, 1.165) is 17.0 Å². The number of aryl methyl sites for hydroxylation is 1. The predicted molar refractivity (Wildman–Crippen MR) is 144 cm³/mol. The molecule has 0 bridgehead atoms. The van der Waals surface area contributed by atoms with Crippen molar-refractivity contribution < 1.29 is 9.59 Å². The van der Waals surface area contributed by atoms with Crippen LogP contribution in [0.25, 0.3) is 11.0 Å². The standard InChI is InChI=1S/C25H17Cl4N3O2S/c1-2-6-15-13-14-7-5-12-30-22(14)31(25(15)35)32(23(33)20-16(26)8-3-9-17(20)27)24(34)21-18(28)10-4-11-19(21)29/h3-5,7-13H,2,6H2,1H3. The van der Waals surface area contributed by atoms with Crippen LogP contribution in [0.15, 0.2) is 60.8 Å². The second kappa shape index (κ2) is 10.6. The molecule has 0 radical (unpaired) electrons. The molecule has 2 heterocycles. The summed E-state index contributed by atoms with van der Waals surface area (Å²) in [6.45, 7) is 2.01. The Labute approximate surface area is 226 Å². The van der Waals surface area contributed by atoms with Crippen molar-refractivity contribution in [2.24, 2.45) is 0 Å². The average molecular weight is 565 g/mol. The zero-order valence-electron chi connectivity index (χ0n) is 18.3. The Kier molecular flexibility index (Phi) is 7.79. The van der Waals surface area contributed by atoms with Crippen molar-refractivity contribution in [2.45, 2.75) is 19.8 Å². The Hall–Kier alpha value is -2.48. The van der Waals surface area contributed by atoms with Crippen LogP contribution >= 0.6 is 58.6 Å². The lowest BCUT2D eigenvalue weighted by molar-refractivity contribution is 0.0858. The van der Waals surface area contributed by atoms with Crippen molar-refractivity contribution in [1.29, 1.82) is 0 Å². The topological polar surface area (TPSA) is 55.2 Å². The van der Waals surface area contributed by atoms with Crippen LogP contribution < -0.4 is 5.01 Å². The van der Waals surface area contributed by atoms with Crippen LogP contribution in [0.1, 0.15) is 39.6 Å². The summed E-state index contributed by atoms with van der Waals surface area (Å²) in [5, 5.41) is 1.82. The lowest BCUT2D eigenvalue weighted by Gasteiger charge is -2.27. The molecule has 0 aliphatic rings. The minimum absolute atomic E-state index is 0.0686. The van der Waals surface area contributed by atoms with Gasteiger partial charge in [-0.1, -0.05) is 84.1 Å². The summed E-state index contributed by atoms with van der Waals surface area (Å²) in [7, 11) is 0. The van der Waals surface area contributed by atoms with E-state index in [9.17, 15) is 9.59 Å². The first-order valence-electron chi connectivity index (χ1n) is 10.5. The lowest BCUT2D eigenvalue weighted by atomic mass is 10.1. The molecule has 2 amide bonds. The average Bonchev–Trinajstić information content (AvgIpc) is 2.81. The van der Waals surface area contributed by atoms with E-state index in [1.165, 1.54) is 28.9 Å². The summed E-state index contributed by atoms with van der Waals surface area (Å²) in [5.74, 6) is -1.61. The molecule has 0 saturated heterocycles. The van der Waals surface area contributed by atoms with Gasteiger partial charge in [0.15, 0.2) is 5.65 Å². The highest BCUT2D eigenvalue weighted by Gasteiger charge is 2.33. The van der Waals surface area contributed by atoms with Gasteiger partial charge < -0.3 is 0 Å². The van der Waals surface area contributed by atoms with Crippen molar-refractivity contribution in [1.82, 2.24) is 9.66 Å². The van der Waals surface area contributed by atoms with E-state index in [-0.39, 0.29) is 35.9 Å². The Morgan fingerprint density at radius 2 is 1.40 bits per heavy atom. The fraction of sp³-hybridized carbons (Fsp3) is 0.120. The summed E-state index contributed by atoms with van der Waals surface area (Å²) >= 11 is 31.2. The number of imide groups is 1. The van der Waals surface area contributed by atoms with Crippen LogP contribution in [0.4, 0.5) is 0 Å². The number of aromatic nitrogens is 2. The molecule has 0 atom stereocenters. The summed E-state index contributed by atoms with van der Waals surface area (Å²) in [5.41, 5.74) is 0.924. The molecule has 178 valence electrons.